The number of hydrogen-bond donors (Lipinski definition) is 8. The SMILES string of the molecule is CC(C)COC(=O)Nc1cccc2c(C(=O)C(=O)N3CCN(C(=O)c4ccccc4)C[C@H]3C)c[nH]c12.CCOC(=O)CCCNC(=O)Nc1ncc(F)c2c(C(=O)C(=O)N3CCN(C(=O)c4ccccc4)CC3)c[nH]c12.C[C@@H]1CN(C(=O)c2ccccc2)CCN1C(=O)C(=O)c1c[nH]c2c(NS(C)(=O)=O)cccc12.C[C@@H]1CN(C(=O)c2ccccc2)CCN1C(=O)C(=O)c1cn(S(C)(=O)=O)c2c(NS(C)(=O)=O)cccc12. The van der Waals surface area contributed by atoms with Gasteiger partial charge in [0.1, 0.15) is 0 Å². The number of Topliss-reactive ketones (excluding diaryl/α,β-unsaturated/α-hetero) is 4. The summed E-state index contributed by atoms with van der Waals surface area (Å²) in [6, 6.07) is 47.9. The van der Waals surface area contributed by atoms with Crippen molar-refractivity contribution >= 4 is 185 Å². The summed E-state index contributed by atoms with van der Waals surface area (Å²) < 4.78 is 102. The second kappa shape index (κ2) is 46.8. The van der Waals surface area contributed by atoms with E-state index in [1.807, 2.05) is 57.2 Å². The number of benzene rings is 7. The zero-order valence-electron chi connectivity index (χ0n) is 81.1. The van der Waals surface area contributed by atoms with Crippen molar-refractivity contribution in [2.75, 3.05) is 144 Å². The lowest BCUT2D eigenvalue weighted by Gasteiger charge is -2.39. The molecule has 4 fully saturated rings. The minimum Gasteiger partial charge on any atom is -0.466 e. The third kappa shape index (κ3) is 25.8. The third-order valence-corrected chi connectivity index (χ3v) is 26.4. The normalized spacial score (nSPS) is 15.4. The molecular formula is C101H109FN18O23S3. The molecule has 8 N–H and O–H groups in total. The lowest BCUT2D eigenvalue weighted by Crippen LogP contribution is -2.56. The van der Waals surface area contributed by atoms with Gasteiger partial charge in [0.05, 0.1) is 105 Å². The standard InChI is InChI=1S/C27H29FN6O6.C27H30N4O5.C24H26N4O7S2.C23H24N4O5S/c1-2-40-20(35)9-6-10-29-27(39)32-24-22-21(19(28)16-31-24)18(15-30-22)23(36)26(38)34-13-11-33(12-14-34)25(37)17-7-4-3-5-8-17;1-17(2)16-36-27(35)29-22-11-7-10-20-21(14-28-23(20)22)24(32)26(34)31-13-12-30(15-18(31)3)25(33)19-8-5-4-6-9-19;1-16-14-26(23(30)17-8-5-4-6-9-17)12-13-27(16)24(31)22(29)19-15-28(37(3,34)35)21-18(19)10-7-11-20(21)25-36(2,32)33;1-15-14-26(22(29)16-7-4-3-5-8-16)11-12-27(15)23(30)21(28)18-13-24-20-17(18)9-6-10-19(20)25-33(2,31)32/h3-5,7-8,15-16,30H,2,6,9-14H2,1H3,(H2,29,31,32,39);4-11,14,17-18,28H,12-13,15-16H2,1-3H3,(H,29,35);4-11,15-16,25H,12-14H2,1-3H3;3-10,13,15,24-25H,11-12,14H2,1-2H3/t;18-;16-;15-/m.111/s1. The van der Waals surface area contributed by atoms with Crippen molar-refractivity contribution in [2.45, 2.75) is 72.5 Å². The summed E-state index contributed by atoms with van der Waals surface area (Å²) in [5.74, 6) is -7.71. The van der Waals surface area contributed by atoms with Crippen molar-refractivity contribution in [3.63, 3.8) is 0 Å². The number of rotatable bonds is 26. The number of H-pyrrole nitrogens is 3. The van der Waals surface area contributed by atoms with Crippen LogP contribution in [-0.4, -0.2) is 319 Å². The molecule has 41 nitrogen and oxygen atoms in total. The molecule has 0 unspecified atom stereocenters. The molecule has 0 saturated carbocycles. The van der Waals surface area contributed by atoms with Crippen LogP contribution in [0.5, 0.6) is 0 Å². The number of urea groups is 1. The molecule has 9 heterocycles. The Morgan fingerprint density at radius 2 is 0.815 bits per heavy atom. The Bertz CT molecular complexity index is 7380. The Labute approximate surface area is 839 Å². The molecule has 11 amide bonds. The number of carbonyl (C=O) groups excluding carboxylic acids is 15. The molecule has 0 bridgehead atoms. The summed E-state index contributed by atoms with van der Waals surface area (Å²) in [4.78, 5) is 217. The predicted octanol–water partition coefficient (Wildman–Crippen LogP) is 9.73. The van der Waals surface area contributed by atoms with Crippen molar-refractivity contribution in [1.29, 1.82) is 0 Å². The van der Waals surface area contributed by atoms with Crippen LogP contribution in [0.4, 0.5) is 36.9 Å². The molecule has 5 aromatic heterocycles. The van der Waals surface area contributed by atoms with E-state index in [-0.39, 0.29) is 188 Å². The second-order valence-electron chi connectivity index (χ2n) is 35.4. The van der Waals surface area contributed by atoms with Gasteiger partial charge in [-0.15, -0.1) is 0 Å². The van der Waals surface area contributed by atoms with Gasteiger partial charge in [-0.2, -0.15) is 0 Å². The zero-order valence-corrected chi connectivity index (χ0v) is 83.6. The third-order valence-electron chi connectivity index (χ3n) is 24.2. The minimum absolute atomic E-state index is 0.0381. The van der Waals surface area contributed by atoms with Crippen LogP contribution >= 0.6 is 0 Å². The number of hydrogen-bond acceptors (Lipinski definition) is 24. The van der Waals surface area contributed by atoms with E-state index in [0.29, 0.717) is 88.0 Å². The van der Waals surface area contributed by atoms with Gasteiger partial charge in [-0.1, -0.05) is 123 Å². The molecule has 12 aromatic rings. The maximum absolute atomic E-state index is 14.8. The number of amides is 11. The van der Waals surface area contributed by atoms with Crippen molar-refractivity contribution in [3.05, 3.63) is 257 Å². The van der Waals surface area contributed by atoms with E-state index in [0.717, 1.165) is 35.1 Å². The summed E-state index contributed by atoms with van der Waals surface area (Å²) in [6.07, 6.45) is 8.75. The van der Waals surface area contributed by atoms with E-state index in [2.05, 4.69) is 45.3 Å². The molecule has 766 valence electrons. The van der Waals surface area contributed by atoms with E-state index in [1.165, 1.54) is 56.4 Å². The molecule has 146 heavy (non-hydrogen) atoms. The average molecular weight is 2060 g/mol. The van der Waals surface area contributed by atoms with Gasteiger partial charge in [0.2, 0.25) is 30.1 Å². The van der Waals surface area contributed by atoms with Crippen LogP contribution in [-0.2, 0) is 63.5 Å². The second-order valence-corrected chi connectivity index (χ2v) is 40.7. The van der Waals surface area contributed by atoms with Gasteiger partial charge in [0.15, 0.2) is 11.6 Å². The van der Waals surface area contributed by atoms with Crippen LogP contribution in [0.3, 0.4) is 0 Å². The quantitative estimate of drug-likeness (QED) is 0.0108. The maximum Gasteiger partial charge on any atom is 0.411 e. The van der Waals surface area contributed by atoms with Gasteiger partial charge in [-0.05, 0) is 107 Å². The Morgan fingerprint density at radius 1 is 0.432 bits per heavy atom. The first-order valence-electron chi connectivity index (χ1n) is 46.6. The van der Waals surface area contributed by atoms with Gasteiger partial charge in [-0.3, -0.25) is 82.4 Å². The number of aromatic amines is 3. The fourth-order valence-corrected chi connectivity index (χ4v) is 19.1. The lowest BCUT2D eigenvalue weighted by atomic mass is 10.1. The number of esters is 1. The first-order chi connectivity index (χ1) is 69.5. The smallest absolute Gasteiger partial charge is 0.411 e. The number of fused-ring (bicyclic) bond motifs is 4. The van der Waals surface area contributed by atoms with Crippen molar-refractivity contribution in [2.24, 2.45) is 5.92 Å². The number of nitrogens with zero attached hydrogens (tertiary/aromatic N) is 10. The number of ether oxygens (including phenoxy) is 2. The molecule has 0 spiro atoms. The van der Waals surface area contributed by atoms with Gasteiger partial charge < -0.3 is 68.9 Å². The number of pyridine rings is 1. The molecule has 16 rings (SSSR count). The van der Waals surface area contributed by atoms with Crippen LogP contribution in [0.1, 0.15) is 137 Å². The largest absolute Gasteiger partial charge is 0.466 e. The van der Waals surface area contributed by atoms with Crippen molar-refractivity contribution in [1.82, 2.24) is 68.4 Å². The Morgan fingerprint density at radius 3 is 1.25 bits per heavy atom. The van der Waals surface area contributed by atoms with Crippen LogP contribution in [0.25, 0.3) is 43.6 Å². The van der Waals surface area contributed by atoms with Crippen molar-refractivity contribution in [3.8, 4) is 0 Å². The molecular weight excluding hydrogens is 1950 g/mol. The van der Waals surface area contributed by atoms with Gasteiger partial charge >= 0.3 is 18.1 Å². The van der Waals surface area contributed by atoms with Gasteiger partial charge in [0.25, 0.3) is 70.4 Å². The van der Waals surface area contributed by atoms with Gasteiger partial charge in [0, 0.05) is 179 Å². The number of anilines is 4. The maximum atomic E-state index is 14.8. The number of nitrogens with one attached hydrogen (secondary N) is 8. The summed E-state index contributed by atoms with van der Waals surface area (Å²) in [5, 5.41) is 8.64. The molecule has 4 saturated heterocycles. The van der Waals surface area contributed by atoms with E-state index in [4.69, 9.17) is 9.47 Å². The number of para-hydroxylation sites is 3. The summed E-state index contributed by atoms with van der Waals surface area (Å²) in [5.41, 5.74) is 3.91. The monoisotopic (exact) mass is 2060 g/mol. The fraction of sp³-hybridized carbons (Fsp3) is 0.307. The Balaban J connectivity index is 0.000000163. The predicted molar refractivity (Wildman–Crippen MR) is 541 cm³/mol. The summed E-state index contributed by atoms with van der Waals surface area (Å²) in [7, 11) is -11.2. The molecule has 0 radical (unpaired) electrons. The number of aromatic nitrogens is 5. The van der Waals surface area contributed by atoms with E-state index < -0.39 is 101 Å². The minimum atomic E-state index is -3.96. The number of carbonyl (C=O) groups is 15. The van der Waals surface area contributed by atoms with Crippen molar-refractivity contribution < 1.29 is 111 Å². The highest BCUT2D eigenvalue weighted by Crippen LogP contribution is 2.35. The van der Waals surface area contributed by atoms with Crippen LogP contribution in [0.15, 0.2) is 207 Å². The number of halogens is 1. The zero-order chi connectivity index (χ0) is 105. The fourth-order valence-electron chi connectivity index (χ4n) is 17.1. The number of piperazine rings is 4. The highest BCUT2D eigenvalue weighted by Gasteiger charge is 2.40. The first-order valence-corrected chi connectivity index (χ1v) is 52.2. The number of sulfonamides is 2. The molecule has 3 atom stereocenters. The van der Waals surface area contributed by atoms with E-state index >= 15 is 0 Å². The molecule has 0 aliphatic carbocycles. The molecule has 45 heteroatoms. The van der Waals surface area contributed by atoms with E-state index in [1.54, 1.807) is 162 Å². The first kappa shape index (κ1) is 107. The lowest BCUT2D eigenvalue weighted by molar-refractivity contribution is -0.143. The molecule has 7 aromatic carbocycles. The van der Waals surface area contributed by atoms with Crippen LogP contribution < -0.4 is 25.4 Å². The van der Waals surface area contributed by atoms with Gasteiger partial charge in [-0.25, -0.2) is 48.2 Å². The molecule has 4 aliphatic rings. The van der Waals surface area contributed by atoms with Crippen LogP contribution in [0, 0.1) is 11.7 Å². The summed E-state index contributed by atoms with van der Waals surface area (Å²) >= 11 is 0. The highest BCUT2D eigenvalue weighted by atomic mass is 32.2. The summed E-state index contributed by atoms with van der Waals surface area (Å²) in [6.45, 7) is 14.9. The topological polar surface area (TPSA) is 528 Å². The van der Waals surface area contributed by atoms with E-state index in [9.17, 15) is 102 Å². The Hall–Kier alpha value is -16.3. The molecule has 4 aliphatic heterocycles. The number of ketones is 4. The van der Waals surface area contributed by atoms with Crippen LogP contribution in [0.2, 0.25) is 0 Å². The Kier molecular flexibility index (Phi) is 34.3. The average Bonchev–Trinajstić information content (AvgIpc) is 1.59. The highest BCUT2D eigenvalue weighted by molar-refractivity contribution is 7.92.